The van der Waals surface area contributed by atoms with Gasteiger partial charge in [0, 0.05) is 42.5 Å². The van der Waals surface area contributed by atoms with E-state index in [9.17, 15) is 0 Å². The van der Waals surface area contributed by atoms with Gasteiger partial charge in [-0.2, -0.15) is 0 Å². The molecule has 0 bridgehead atoms. The van der Waals surface area contributed by atoms with Crippen LogP contribution in [0.25, 0.3) is 86.3 Å². The maximum Gasteiger partial charge on any atom is 0.143 e. The molecular weight excluding hydrogens is 687 g/mol. The summed E-state index contributed by atoms with van der Waals surface area (Å²) in [6, 6.07) is 72.0. The van der Waals surface area contributed by atoms with Crippen LogP contribution in [0, 0.1) is 0 Å². The van der Waals surface area contributed by atoms with Crippen LogP contribution in [0.3, 0.4) is 0 Å². The molecule has 3 heteroatoms. The molecule has 0 spiro atoms. The molecule has 258 valence electrons. The summed E-state index contributed by atoms with van der Waals surface area (Å²) in [4.78, 5) is 2.41. The third-order valence-electron chi connectivity index (χ3n) is 10.8. The predicted octanol–water partition coefficient (Wildman–Crippen LogP) is 15.6. The largest absolute Gasteiger partial charge is 0.455 e. The highest BCUT2D eigenvalue weighted by Gasteiger charge is 2.24. The lowest BCUT2D eigenvalue weighted by Crippen LogP contribution is -2.10. The van der Waals surface area contributed by atoms with Crippen LogP contribution in [0.4, 0.5) is 17.1 Å². The standard InChI is InChI=1S/C52H33NOS/c1-4-14-34(15-5-1)35-26-28-39(29-27-35)53(40-30-31-43-48(33-40)55-47-25-12-22-41(49(43)47)36-16-6-2-7-17-36)45-23-13-24-46-51(45)50-42-21-11-10-20-38(42)32-44(52(50)54-46)37-18-8-3-9-19-37/h1-33H. The van der Waals surface area contributed by atoms with Gasteiger partial charge in [-0.25, -0.2) is 0 Å². The van der Waals surface area contributed by atoms with Gasteiger partial charge in [-0.3, -0.25) is 0 Å². The first kappa shape index (κ1) is 31.6. The highest BCUT2D eigenvalue weighted by molar-refractivity contribution is 7.26. The Balaban J connectivity index is 1.18. The number of nitrogens with zero attached hydrogens (tertiary/aromatic N) is 1. The Morgan fingerprint density at radius 2 is 1.02 bits per heavy atom. The Morgan fingerprint density at radius 3 is 1.78 bits per heavy atom. The van der Waals surface area contributed by atoms with Gasteiger partial charge in [-0.05, 0) is 87.1 Å². The molecule has 11 rings (SSSR count). The molecule has 0 saturated carbocycles. The third kappa shape index (κ3) is 5.24. The molecule has 0 saturated heterocycles. The zero-order chi connectivity index (χ0) is 36.3. The zero-order valence-electron chi connectivity index (χ0n) is 29.8. The highest BCUT2D eigenvalue weighted by Crippen LogP contribution is 2.49. The minimum absolute atomic E-state index is 0.863. The summed E-state index contributed by atoms with van der Waals surface area (Å²) in [5.74, 6) is 0. The normalized spacial score (nSPS) is 11.6. The quantitative estimate of drug-likeness (QED) is 0.170. The van der Waals surface area contributed by atoms with E-state index in [0.29, 0.717) is 0 Å². The van der Waals surface area contributed by atoms with Crippen LogP contribution in [0.5, 0.6) is 0 Å². The molecule has 0 atom stereocenters. The molecule has 0 unspecified atom stereocenters. The fraction of sp³-hybridized carbons (Fsp3) is 0. The highest BCUT2D eigenvalue weighted by atomic mass is 32.1. The Kier molecular flexibility index (Phi) is 7.39. The first-order valence-corrected chi connectivity index (χ1v) is 19.5. The van der Waals surface area contributed by atoms with E-state index >= 15 is 0 Å². The van der Waals surface area contributed by atoms with Crippen molar-refractivity contribution < 1.29 is 4.42 Å². The molecule has 0 aliphatic heterocycles. The fourth-order valence-corrected chi connectivity index (χ4v) is 9.50. The van der Waals surface area contributed by atoms with Gasteiger partial charge in [0.15, 0.2) is 0 Å². The summed E-state index contributed by atoms with van der Waals surface area (Å²) >= 11 is 1.86. The van der Waals surface area contributed by atoms with E-state index in [2.05, 4.69) is 205 Å². The maximum atomic E-state index is 6.93. The van der Waals surface area contributed by atoms with Gasteiger partial charge in [-0.15, -0.1) is 11.3 Å². The smallest absolute Gasteiger partial charge is 0.143 e. The van der Waals surface area contributed by atoms with E-state index in [1.54, 1.807) is 0 Å². The Labute approximate surface area is 322 Å². The molecular formula is C52H33NOS. The first-order valence-electron chi connectivity index (χ1n) is 18.7. The zero-order valence-corrected chi connectivity index (χ0v) is 30.6. The lowest BCUT2D eigenvalue weighted by molar-refractivity contribution is 0.670. The second kappa shape index (κ2) is 12.9. The molecule has 2 nitrogen and oxygen atoms in total. The van der Waals surface area contributed by atoms with Crippen molar-refractivity contribution in [3.8, 4) is 33.4 Å². The molecule has 0 radical (unpaired) electrons. The van der Waals surface area contributed by atoms with E-state index in [1.165, 1.54) is 53.2 Å². The monoisotopic (exact) mass is 719 g/mol. The molecule has 0 aliphatic rings. The van der Waals surface area contributed by atoms with Crippen LogP contribution < -0.4 is 4.90 Å². The van der Waals surface area contributed by atoms with Crippen LogP contribution in [0.15, 0.2) is 205 Å². The van der Waals surface area contributed by atoms with Crippen molar-refractivity contribution in [2.45, 2.75) is 0 Å². The molecule has 0 N–H and O–H groups in total. The summed E-state index contributed by atoms with van der Waals surface area (Å²) in [5.41, 5.74) is 12.1. The molecule has 2 aromatic heterocycles. The minimum atomic E-state index is 0.863. The number of thiophene rings is 1. The van der Waals surface area contributed by atoms with E-state index in [0.717, 1.165) is 50.1 Å². The molecule has 0 aliphatic carbocycles. The fourth-order valence-electron chi connectivity index (χ4n) is 8.34. The minimum Gasteiger partial charge on any atom is -0.455 e. The van der Waals surface area contributed by atoms with Crippen molar-refractivity contribution in [1.29, 1.82) is 0 Å². The topological polar surface area (TPSA) is 16.4 Å². The average Bonchev–Trinajstić information content (AvgIpc) is 3.84. The molecule has 11 aromatic rings. The molecule has 0 amide bonds. The van der Waals surface area contributed by atoms with E-state index in [4.69, 9.17) is 4.42 Å². The van der Waals surface area contributed by atoms with Crippen LogP contribution >= 0.6 is 11.3 Å². The maximum absolute atomic E-state index is 6.93. The van der Waals surface area contributed by atoms with Gasteiger partial charge in [0.1, 0.15) is 11.2 Å². The molecule has 55 heavy (non-hydrogen) atoms. The number of anilines is 3. The number of hydrogen-bond acceptors (Lipinski definition) is 3. The van der Waals surface area contributed by atoms with Crippen LogP contribution in [-0.4, -0.2) is 0 Å². The van der Waals surface area contributed by atoms with Gasteiger partial charge in [-0.1, -0.05) is 152 Å². The molecule has 0 fully saturated rings. The van der Waals surface area contributed by atoms with Crippen molar-refractivity contribution in [2.75, 3.05) is 4.90 Å². The van der Waals surface area contributed by atoms with Crippen LogP contribution in [0.1, 0.15) is 0 Å². The van der Waals surface area contributed by atoms with Crippen molar-refractivity contribution in [2.24, 2.45) is 0 Å². The van der Waals surface area contributed by atoms with Crippen molar-refractivity contribution in [3.05, 3.63) is 200 Å². The Hall–Kier alpha value is -6.94. The Bertz CT molecular complexity index is 3180. The third-order valence-corrected chi connectivity index (χ3v) is 12.0. The van der Waals surface area contributed by atoms with E-state index in [-0.39, 0.29) is 0 Å². The SMILES string of the molecule is c1ccc(-c2ccc(N(c3ccc4c(c3)sc3cccc(-c5ccccc5)c34)c3cccc4oc5c(-c6ccccc6)cc6ccccc6c5c34)cc2)cc1. The predicted molar refractivity (Wildman–Crippen MR) is 235 cm³/mol. The lowest BCUT2D eigenvalue weighted by atomic mass is 9.95. The number of furan rings is 1. The van der Waals surface area contributed by atoms with E-state index in [1.807, 2.05) is 11.3 Å². The summed E-state index contributed by atoms with van der Waals surface area (Å²) < 4.78 is 9.47. The van der Waals surface area contributed by atoms with Gasteiger partial charge in [0.25, 0.3) is 0 Å². The first-order chi connectivity index (χ1) is 27.3. The summed E-state index contributed by atoms with van der Waals surface area (Å²) in [6.07, 6.45) is 0. The van der Waals surface area contributed by atoms with E-state index < -0.39 is 0 Å². The van der Waals surface area contributed by atoms with Crippen LogP contribution in [0.2, 0.25) is 0 Å². The number of benzene rings is 9. The van der Waals surface area contributed by atoms with Crippen molar-refractivity contribution in [1.82, 2.24) is 0 Å². The average molecular weight is 720 g/mol. The van der Waals surface area contributed by atoms with Crippen LogP contribution in [-0.2, 0) is 0 Å². The summed E-state index contributed by atoms with van der Waals surface area (Å²) in [5, 5.41) is 7.17. The Morgan fingerprint density at radius 1 is 0.382 bits per heavy atom. The second-order valence-electron chi connectivity index (χ2n) is 14.0. The van der Waals surface area contributed by atoms with Gasteiger partial charge < -0.3 is 9.32 Å². The number of fused-ring (bicyclic) bond motifs is 8. The van der Waals surface area contributed by atoms with Crippen molar-refractivity contribution in [3.63, 3.8) is 0 Å². The number of rotatable bonds is 6. The van der Waals surface area contributed by atoms with Crippen molar-refractivity contribution >= 4 is 81.3 Å². The lowest BCUT2D eigenvalue weighted by Gasteiger charge is -2.26. The molecule has 9 aromatic carbocycles. The summed E-state index contributed by atoms with van der Waals surface area (Å²) in [7, 11) is 0. The van der Waals surface area contributed by atoms with Gasteiger partial charge in [0.05, 0.1) is 11.1 Å². The molecule has 2 heterocycles. The van der Waals surface area contributed by atoms with Gasteiger partial charge in [0.2, 0.25) is 0 Å². The second-order valence-corrected chi connectivity index (χ2v) is 15.1. The number of hydrogen-bond donors (Lipinski definition) is 0. The van der Waals surface area contributed by atoms with Gasteiger partial charge >= 0.3 is 0 Å². The summed E-state index contributed by atoms with van der Waals surface area (Å²) in [6.45, 7) is 0.